The molecule has 2 heterocycles. The predicted octanol–water partition coefficient (Wildman–Crippen LogP) is 5.17. The van der Waals surface area contributed by atoms with Crippen LogP contribution in [0, 0.1) is 0 Å². The van der Waals surface area contributed by atoms with Gasteiger partial charge in [0.15, 0.2) is 6.29 Å². The van der Waals surface area contributed by atoms with E-state index in [1.165, 1.54) is 11.8 Å². The van der Waals surface area contributed by atoms with Crippen molar-refractivity contribution in [2.24, 2.45) is 0 Å². The number of carboxylic acids is 1. The molecule has 3 aromatic carbocycles. The van der Waals surface area contributed by atoms with Gasteiger partial charge in [-0.25, -0.2) is 0 Å². The lowest BCUT2D eigenvalue weighted by molar-refractivity contribution is -0.245. The number of aliphatic hydroxyl groups excluding tert-OH is 1. The molecule has 1 aliphatic heterocycles. The van der Waals surface area contributed by atoms with Crippen molar-refractivity contribution in [1.82, 2.24) is 20.2 Å². The van der Waals surface area contributed by atoms with Crippen LogP contribution in [0.1, 0.15) is 67.6 Å². The molecule has 0 unspecified atom stereocenters. The number of hydrogen-bond donors (Lipinski definition) is 4. The number of phenols is 1. The summed E-state index contributed by atoms with van der Waals surface area (Å²) in [5.41, 5.74) is 3.94. The van der Waals surface area contributed by atoms with Crippen LogP contribution in [0.2, 0.25) is 0 Å². The van der Waals surface area contributed by atoms with E-state index in [-0.39, 0.29) is 36.9 Å². The number of aliphatic carboxylic acids is 1. The van der Waals surface area contributed by atoms with E-state index in [1.54, 1.807) is 41.1 Å². The largest absolute Gasteiger partial charge is 0.508 e. The summed E-state index contributed by atoms with van der Waals surface area (Å²) in [5.74, 6) is -0.249. The minimum absolute atomic E-state index is 0.0415. The number of aliphatic hydroxyl groups is 1. The van der Waals surface area contributed by atoms with Crippen LogP contribution in [-0.2, 0) is 25.7 Å². The second kappa shape index (κ2) is 15.6. The average Bonchev–Trinajstić information content (AvgIpc) is 3.53. The molecule has 236 valence electrons. The highest BCUT2D eigenvalue weighted by Gasteiger charge is 2.32. The minimum atomic E-state index is -0.825. The molecule has 0 aliphatic carbocycles. The predicted molar refractivity (Wildman–Crippen MR) is 166 cm³/mol. The van der Waals surface area contributed by atoms with Gasteiger partial charge in [-0.2, -0.15) is 4.68 Å². The highest BCUT2D eigenvalue weighted by Crippen LogP contribution is 2.39. The minimum Gasteiger partial charge on any atom is -0.508 e. The van der Waals surface area contributed by atoms with Gasteiger partial charge in [-0.05, 0) is 70.8 Å². The Morgan fingerprint density at radius 2 is 1.62 bits per heavy atom. The van der Waals surface area contributed by atoms with Crippen molar-refractivity contribution in [2.45, 2.75) is 68.8 Å². The molecule has 0 saturated carbocycles. The molecule has 0 bridgehead atoms. The Labute approximate surface area is 264 Å². The van der Waals surface area contributed by atoms with Crippen LogP contribution in [0.25, 0.3) is 5.69 Å². The standard InChI is InChI=1S/C32H35N5O7S/c38-19-21-6-8-22(9-7-21)28-18-27(20-45-32-34-35-36-37(32)25-14-16-26(39)17-15-25)43-31(44-28)23-10-12-24(13-11-23)33-29(40)4-2-1-3-5-30(41)42/h6-17,27-28,31,38-39H,1-5,18-20H2,(H,33,40)(H,41,42)/t27-,28+,31+/m0/s1. The van der Waals surface area contributed by atoms with Crippen LogP contribution in [0.15, 0.2) is 78.0 Å². The quantitative estimate of drug-likeness (QED) is 0.107. The van der Waals surface area contributed by atoms with Crippen LogP contribution in [0.4, 0.5) is 5.69 Å². The summed E-state index contributed by atoms with van der Waals surface area (Å²) in [5, 5.41) is 43.4. The molecular weight excluding hydrogens is 598 g/mol. The van der Waals surface area contributed by atoms with Crippen LogP contribution in [0.5, 0.6) is 5.75 Å². The number of amides is 1. The molecule has 1 saturated heterocycles. The van der Waals surface area contributed by atoms with Crippen molar-refractivity contribution in [1.29, 1.82) is 0 Å². The van der Waals surface area contributed by atoms with Crippen LogP contribution >= 0.6 is 11.8 Å². The third-order valence-electron chi connectivity index (χ3n) is 7.31. The third-order valence-corrected chi connectivity index (χ3v) is 8.36. The van der Waals surface area contributed by atoms with Gasteiger partial charge in [-0.1, -0.05) is 54.6 Å². The maximum Gasteiger partial charge on any atom is 0.303 e. The second-order valence-electron chi connectivity index (χ2n) is 10.7. The van der Waals surface area contributed by atoms with Crippen molar-refractivity contribution < 1.29 is 34.4 Å². The number of unbranched alkanes of at least 4 members (excludes halogenated alkanes) is 2. The number of carbonyl (C=O) groups excluding carboxylic acids is 1. The molecule has 1 amide bonds. The summed E-state index contributed by atoms with van der Waals surface area (Å²) in [6.45, 7) is -0.0415. The Morgan fingerprint density at radius 3 is 2.33 bits per heavy atom. The number of nitrogens with zero attached hydrogens (tertiary/aromatic N) is 4. The Balaban J connectivity index is 1.24. The van der Waals surface area contributed by atoms with Crippen molar-refractivity contribution in [3.8, 4) is 11.4 Å². The highest BCUT2D eigenvalue weighted by molar-refractivity contribution is 7.99. The first-order valence-electron chi connectivity index (χ1n) is 14.7. The van der Waals surface area contributed by atoms with Gasteiger partial charge in [-0.15, -0.1) is 5.10 Å². The van der Waals surface area contributed by atoms with Crippen LogP contribution in [-0.4, -0.2) is 59.3 Å². The number of hydrogen-bond acceptors (Lipinski definition) is 10. The Hall–Kier alpha value is -4.30. The van der Waals surface area contributed by atoms with Gasteiger partial charge in [-0.3, -0.25) is 9.59 Å². The van der Waals surface area contributed by atoms with E-state index >= 15 is 0 Å². The van der Waals surface area contributed by atoms with E-state index in [1.807, 2.05) is 36.4 Å². The molecule has 4 N–H and O–H groups in total. The van der Waals surface area contributed by atoms with Crippen LogP contribution in [0.3, 0.4) is 0 Å². The summed E-state index contributed by atoms with van der Waals surface area (Å²) in [6.07, 6.45) is 1.73. The summed E-state index contributed by atoms with van der Waals surface area (Å²) in [6, 6.07) is 21.6. The van der Waals surface area contributed by atoms with E-state index in [0.29, 0.717) is 48.7 Å². The maximum absolute atomic E-state index is 12.4. The number of aromatic nitrogens is 4. The number of carboxylic acid groups (broad SMARTS) is 1. The van der Waals surface area contributed by atoms with Gasteiger partial charge in [0.2, 0.25) is 11.1 Å². The Morgan fingerprint density at radius 1 is 0.911 bits per heavy atom. The number of tetrazole rings is 1. The number of rotatable bonds is 14. The van der Waals surface area contributed by atoms with E-state index in [2.05, 4.69) is 20.8 Å². The number of phenolic OH excluding ortho intramolecular Hbond substituents is 1. The molecule has 12 nitrogen and oxygen atoms in total. The monoisotopic (exact) mass is 633 g/mol. The zero-order chi connectivity index (χ0) is 31.6. The molecule has 3 atom stereocenters. The Kier molecular flexibility index (Phi) is 11.1. The van der Waals surface area contributed by atoms with Gasteiger partial charge in [0.1, 0.15) is 5.75 Å². The first kappa shape index (κ1) is 32.1. The third kappa shape index (κ3) is 9.11. The first-order chi connectivity index (χ1) is 21.9. The number of carbonyl (C=O) groups is 2. The first-order valence-corrected chi connectivity index (χ1v) is 15.7. The fourth-order valence-corrected chi connectivity index (χ4v) is 5.81. The van der Waals surface area contributed by atoms with Gasteiger partial charge < -0.3 is 30.1 Å². The smallest absolute Gasteiger partial charge is 0.303 e. The molecule has 45 heavy (non-hydrogen) atoms. The van der Waals surface area contributed by atoms with Crippen molar-refractivity contribution in [3.05, 3.63) is 89.5 Å². The van der Waals surface area contributed by atoms with Crippen molar-refractivity contribution in [3.63, 3.8) is 0 Å². The lowest BCUT2D eigenvalue weighted by atomic mass is 10.0. The van der Waals surface area contributed by atoms with E-state index in [9.17, 15) is 19.8 Å². The van der Waals surface area contributed by atoms with Crippen LogP contribution < -0.4 is 5.32 Å². The molecular formula is C32H35N5O7S. The van der Waals surface area contributed by atoms with Gasteiger partial charge >= 0.3 is 5.97 Å². The number of aromatic hydroxyl groups is 1. The maximum atomic E-state index is 12.4. The number of anilines is 1. The topological polar surface area (TPSA) is 169 Å². The Bertz CT molecular complexity index is 1550. The zero-order valence-electron chi connectivity index (χ0n) is 24.5. The summed E-state index contributed by atoms with van der Waals surface area (Å²) >= 11 is 1.45. The normalized spacial score (nSPS) is 18.0. The number of benzene rings is 3. The van der Waals surface area contributed by atoms with Gasteiger partial charge in [0, 0.05) is 36.3 Å². The molecule has 4 aromatic rings. The van der Waals surface area contributed by atoms with Gasteiger partial charge in [0.25, 0.3) is 0 Å². The summed E-state index contributed by atoms with van der Waals surface area (Å²) in [4.78, 5) is 23.0. The fourth-order valence-electron chi connectivity index (χ4n) is 4.90. The average molecular weight is 634 g/mol. The molecule has 5 rings (SSSR count). The summed E-state index contributed by atoms with van der Waals surface area (Å²) < 4.78 is 14.5. The summed E-state index contributed by atoms with van der Waals surface area (Å²) in [7, 11) is 0. The number of thioether (sulfide) groups is 1. The molecule has 1 aliphatic rings. The number of ether oxygens (including phenoxy) is 2. The number of nitrogens with one attached hydrogen (secondary N) is 1. The molecule has 0 radical (unpaired) electrons. The SMILES string of the molecule is O=C(O)CCCCCC(=O)Nc1ccc([C@@H]2O[C@H](CSc3nnnn3-c3ccc(O)cc3)C[C@H](c3ccc(CO)cc3)O2)cc1. The zero-order valence-corrected chi connectivity index (χ0v) is 25.3. The van der Waals surface area contributed by atoms with Crippen molar-refractivity contribution in [2.75, 3.05) is 11.1 Å². The molecule has 13 heteroatoms. The van der Waals surface area contributed by atoms with Crippen molar-refractivity contribution >= 4 is 29.3 Å². The molecule has 1 aromatic heterocycles. The van der Waals surface area contributed by atoms with Gasteiger partial charge in [0.05, 0.1) is 24.5 Å². The van der Waals surface area contributed by atoms with E-state index in [4.69, 9.17) is 14.6 Å². The fraction of sp³-hybridized carbons (Fsp3) is 0.344. The second-order valence-corrected chi connectivity index (χ2v) is 11.7. The lowest BCUT2D eigenvalue weighted by Gasteiger charge is -2.36. The lowest BCUT2D eigenvalue weighted by Crippen LogP contribution is -2.31. The van der Waals surface area contributed by atoms with E-state index < -0.39 is 12.3 Å². The molecule has 0 spiro atoms. The molecule has 1 fully saturated rings. The van der Waals surface area contributed by atoms with E-state index in [0.717, 1.165) is 22.4 Å². The highest BCUT2D eigenvalue weighted by atomic mass is 32.2.